The molecule has 3 heteroatoms. The highest BCUT2D eigenvalue weighted by atomic mass is 35.5. The topological polar surface area (TPSA) is 12.0 Å². The second kappa shape index (κ2) is 5.32. The molecule has 2 rings (SSSR count). The number of halogens is 2. The van der Waals surface area contributed by atoms with Gasteiger partial charge in [0.15, 0.2) is 0 Å². The Morgan fingerprint density at radius 1 is 1.29 bits per heavy atom. The first-order valence-electron chi connectivity index (χ1n) is 4.77. The lowest BCUT2D eigenvalue weighted by molar-refractivity contribution is 0.299. The maximum absolute atomic E-state index is 13.2. The van der Waals surface area contributed by atoms with Crippen molar-refractivity contribution in [1.82, 2.24) is 5.32 Å². The van der Waals surface area contributed by atoms with Crippen molar-refractivity contribution in [2.75, 3.05) is 6.54 Å². The van der Waals surface area contributed by atoms with E-state index in [2.05, 4.69) is 5.32 Å². The minimum Gasteiger partial charge on any atom is -0.311 e. The molecule has 0 aromatic heterocycles. The van der Waals surface area contributed by atoms with E-state index >= 15 is 0 Å². The van der Waals surface area contributed by atoms with Crippen molar-refractivity contribution >= 4 is 12.4 Å². The maximum atomic E-state index is 13.2. The van der Waals surface area contributed by atoms with Gasteiger partial charge in [-0.15, -0.1) is 12.4 Å². The van der Waals surface area contributed by atoms with Crippen LogP contribution in [0.1, 0.15) is 12.0 Å². The second-order valence-electron chi connectivity index (χ2n) is 3.56. The second-order valence-corrected chi connectivity index (χ2v) is 3.56. The number of hydrogen-bond acceptors (Lipinski definition) is 1. The first-order valence-corrected chi connectivity index (χ1v) is 4.77. The average Bonchev–Trinajstić information content (AvgIpc) is 2.54. The summed E-state index contributed by atoms with van der Waals surface area (Å²) in [5.74, 6) is 0. The molecule has 1 heterocycles. The Labute approximate surface area is 90.1 Å². The molecule has 1 aromatic rings. The number of nitrogens with one attached hydrogen (secondary N) is 1. The predicted molar refractivity (Wildman–Crippen MR) is 58.7 cm³/mol. The number of rotatable bonds is 2. The van der Waals surface area contributed by atoms with E-state index in [-0.39, 0.29) is 18.4 Å². The zero-order valence-electron chi connectivity index (χ0n) is 7.95. The van der Waals surface area contributed by atoms with Crippen molar-refractivity contribution in [2.45, 2.75) is 25.1 Å². The number of benzene rings is 1. The number of hydrogen-bond donors (Lipinski definition) is 1. The summed E-state index contributed by atoms with van der Waals surface area (Å²) in [6.07, 6.45) is 0.805. The van der Waals surface area contributed by atoms with E-state index < -0.39 is 6.17 Å². The lowest BCUT2D eigenvalue weighted by atomic mass is 10.0. The average molecular weight is 216 g/mol. The monoisotopic (exact) mass is 215 g/mol. The van der Waals surface area contributed by atoms with Crippen LogP contribution in [-0.4, -0.2) is 18.8 Å². The summed E-state index contributed by atoms with van der Waals surface area (Å²) in [5, 5.41) is 3.18. The zero-order valence-corrected chi connectivity index (χ0v) is 8.77. The molecular formula is C11H15ClFN. The molecule has 0 aliphatic carbocycles. The quantitative estimate of drug-likeness (QED) is 0.799. The third-order valence-corrected chi connectivity index (χ3v) is 2.56. The van der Waals surface area contributed by atoms with Crippen LogP contribution in [0.2, 0.25) is 0 Å². The van der Waals surface area contributed by atoms with Crippen molar-refractivity contribution in [1.29, 1.82) is 0 Å². The van der Waals surface area contributed by atoms with Gasteiger partial charge in [0.25, 0.3) is 0 Å². The van der Waals surface area contributed by atoms with Crippen LogP contribution in [0.3, 0.4) is 0 Å². The lowest BCUT2D eigenvalue weighted by Crippen LogP contribution is -2.30. The van der Waals surface area contributed by atoms with Crippen molar-refractivity contribution < 1.29 is 4.39 Å². The Kier molecular flexibility index (Phi) is 4.36. The molecule has 1 N–H and O–H groups in total. The molecule has 0 amide bonds. The van der Waals surface area contributed by atoms with E-state index in [9.17, 15) is 4.39 Å². The van der Waals surface area contributed by atoms with Crippen LogP contribution >= 0.6 is 12.4 Å². The van der Waals surface area contributed by atoms with Crippen LogP contribution in [0.4, 0.5) is 4.39 Å². The zero-order chi connectivity index (χ0) is 9.10. The Bertz CT molecular complexity index is 265. The molecular weight excluding hydrogens is 201 g/mol. The van der Waals surface area contributed by atoms with Gasteiger partial charge in [0.05, 0.1) is 0 Å². The Balaban J connectivity index is 0.000000980. The molecule has 0 radical (unpaired) electrons. The summed E-state index contributed by atoms with van der Waals surface area (Å²) in [5.41, 5.74) is 1.21. The van der Waals surface area contributed by atoms with Crippen LogP contribution in [0.5, 0.6) is 0 Å². The van der Waals surface area contributed by atoms with Crippen LogP contribution in [0.15, 0.2) is 30.3 Å². The highest BCUT2D eigenvalue weighted by Crippen LogP contribution is 2.15. The molecule has 0 bridgehead atoms. The van der Waals surface area contributed by atoms with Gasteiger partial charge in [-0.25, -0.2) is 4.39 Å². The van der Waals surface area contributed by atoms with Gasteiger partial charge in [-0.2, -0.15) is 0 Å². The van der Waals surface area contributed by atoms with E-state index in [0.29, 0.717) is 6.42 Å². The van der Waals surface area contributed by atoms with Gasteiger partial charge in [-0.05, 0) is 24.9 Å². The fourth-order valence-corrected chi connectivity index (χ4v) is 1.80. The molecule has 1 aliphatic rings. The Morgan fingerprint density at radius 2 is 2.00 bits per heavy atom. The van der Waals surface area contributed by atoms with Gasteiger partial charge in [0, 0.05) is 6.04 Å². The van der Waals surface area contributed by atoms with Gasteiger partial charge in [-0.3, -0.25) is 0 Å². The molecule has 1 aliphatic heterocycles. The van der Waals surface area contributed by atoms with E-state index in [1.54, 1.807) is 0 Å². The predicted octanol–water partition coefficient (Wildman–Crippen LogP) is 2.35. The molecule has 1 fully saturated rings. The molecule has 1 aromatic carbocycles. The van der Waals surface area contributed by atoms with Gasteiger partial charge >= 0.3 is 0 Å². The minimum atomic E-state index is -0.666. The summed E-state index contributed by atoms with van der Waals surface area (Å²) in [6, 6.07) is 10.1. The molecule has 2 atom stereocenters. The molecule has 1 saturated heterocycles. The molecule has 2 unspecified atom stereocenters. The van der Waals surface area contributed by atoms with Crippen molar-refractivity contribution in [3.05, 3.63) is 35.9 Å². The third kappa shape index (κ3) is 2.69. The van der Waals surface area contributed by atoms with Gasteiger partial charge in [0.1, 0.15) is 6.17 Å². The summed E-state index contributed by atoms with van der Waals surface area (Å²) < 4.78 is 13.2. The lowest BCUT2D eigenvalue weighted by Gasteiger charge is -2.12. The summed E-state index contributed by atoms with van der Waals surface area (Å²) in [6.45, 7) is 0.818. The molecule has 0 spiro atoms. The van der Waals surface area contributed by atoms with Crippen LogP contribution in [-0.2, 0) is 6.42 Å². The molecule has 14 heavy (non-hydrogen) atoms. The standard InChI is InChI=1S/C11H14FN.ClH/c12-10-6-7-13-11(10)8-9-4-2-1-3-5-9;/h1-5,10-11,13H,6-8H2;1H. The fraction of sp³-hybridized carbons (Fsp3) is 0.455. The number of alkyl halides is 1. The Morgan fingerprint density at radius 3 is 2.57 bits per heavy atom. The van der Waals surface area contributed by atoms with Crippen LogP contribution in [0.25, 0.3) is 0 Å². The van der Waals surface area contributed by atoms with Crippen molar-refractivity contribution in [2.24, 2.45) is 0 Å². The van der Waals surface area contributed by atoms with Crippen molar-refractivity contribution in [3.8, 4) is 0 Å². The fourth-order valence-electron chi connectivity index (χ4n) is 1.80. The van der Waals surface area contributed by atoms with Crippen molar-refractivity contribution in [3.63, 3.8) is 0 Å². The maximum Gasteiger partial charge on any atom is 0.117 e. The Hall–Kier alpha value is -0.600. The van der Waals surface area contributed by atoms with Gasteiger partial charge in [-0.1, -0.05) is 30.3 Å². The van der Waals surface area contributed by atoms with Gasteiger partial charge in [0.2, 0.25) is 0 Å². The van der Waals surface area contributed by atoms with Crippen LogP contribution < -0.4 is 5.32 Å². The molecule has 1 nitrogen and oxygen atoms in total. The summed E-state index contributed by atoms with van der Waals surface area (Å²) >= 11 is 0. The van der Waals surface area contributed by atoms with E-state index in [1.807, 2.05) is 30.3 Å². The smallest absolute Gasteiger partial charge is 0.117 e. The normalized spacial score (nSPS) is 25.8. The minimum absolute atomic E-state index is 0. The van der Waals surface area contributed by atoms with E-state index in [4.69, 9.17) is 0 Å². The highest BCUT2D eigenvalue weighted by Gasteiger charge is 2.25. The van der Waals surface area contributed by atoms with Crippen LogP contribution in [0, 0.1) is 0 Å². The highest BCUT2D eigenvalue weighted by molar-refractivity contribution is 5.85. The van der Waals surface area contributed by atoms with E-state index in [0.717, 1.165) is 13.0 Å². The third-order valence-electron chi connectivity index (χ3n) is 2.56. The van der Waals surface area contributed by atoms with E-state index in [1.165, 1.54) is 5.56 Å². The largest absolute Gasteiger partial charge is 0.311 e. The first-order chi connectivity index (χ1) is 6.36. The summed E-state index contributed by atoms with van der Waals surface area (Å²) in [7, 11) is 0. The SMILES string of the molecule is Cl.FC1CCNC1Cc1ccccc1. The summed E-state index contributed by atoms with van der Waals surface area (Å²) in [4.78, 5) is 0. The molecule has 0 saturated carbocycles. The van der Waals surface area contributed by atoms with Gasteiger partial charge < -0.3 is 5.32 Å². The first kappa shape index (κ1) is 11.5. The molecule has 78 valence electrons.